The zero-order valence-corrected chi connectivity index (χ0v) is 13.3. The van der Waals surface area contributed by atoms with Gasteiger partial charge in [-0.15, -0.1) is 0 Å². The molecule has 3 rings (SSSR count). The number of aromatic nitrogens is 1. The minimum absolute atomic E-state index is 0.380. The third-order valence-corrected chi connectivity index (χ3v) is 4.20. The molecule has 1 aliphatic rings. The van der Waals surface area contributed by atoms with Gasteiger partial charge >= 0.3 is 0 Å². The van der Waals surface area contributed by atoms with E-state index < -0.39 is 0 Å². The molecule has 0 fully saturated rings. The quantitative estimate of drug-likeness (QED) is 0.902. The van der Waals surface area contributed by atoms with Crippen molar-refractivity contribution in [3.8, 4) is 5.75 Å². The molecule has 0 spiro atoms. The number of fused-ring (bicyclic) bond motifs is 1. The number of rotatable bonds is 5. The lowest BCUT2D eigenvalue weighted by Crippen LogP contribution is -2.12. The van der Waals surface area contributed by atoms with Gasteiger partial charge in [-0.25, -0.2) is 0 Å². The van der Waals surface area contributed by atoms with Gasteiger partial charge in [0.1, 0.15) is 5.75 Å². The lowest BCUT2D eigenvalue weighted by atomic mass is 10.00. The van der Waals surface area contributed by atoms with Crippen molar-refractivity contribution in [2.24, 2.45) is 0 Å². The molecule has 3 nitrogen and oxygen atoms in total. The fourth-order valence-electron chi connectivity index (χ4n) is 2.71. The number of aliphatic hydroxyl groups excluding tert-OH is 1. The van der Waals surface area contributed by atoms with Crippen LogP contribution in [0.15, 0.2) is 41.0 Å². The van der Waals surface area contributed by atoms with Gasteiger partial charge in [-0.05, 0) is 48.2 Å². The second kappa shape index (κ2) is 6.58. The predicted molar refractivity (Wildman–Crippen MR) is 85.6 cm³/mol. The number of aliphatic hydroxyl groups is 1. The molecular weight excluding hydrogens is 330 g/mol. The summed E-state index contributed by atoms with van der Waals surface area (Å²) < 4.78 is 6.76. The van der Waals surface area contributed by atoms with E-state index >= 15 is 0 Å². The van der Waals surface area contributed by atoms with Gasteiger partial charge in [0.15, 0.2) is 0 Å². The molecule has 4 heteroatoms. The second-order valence-corrected chi connectivity index (χ2v) is 6.28. The first-order chi connectivity index (χ1) is 10.2. The summed E-state index contributed by atoms with van der Waals surface area (Å²) in [5.74, 6) is 0.968. The van der Waals surface area contributed by atoms with Crippen molar-refractivity contribution >= 4 is 15.9 Å². The first-order valence-electron chi connectivity index (χ1n) is 7.24. The Morgan fingerprint density at radius 3 is 3.05 bits per heavy atom. The summed E-state index contributed by atoms with van der Waals surface area (Å²) in [7, 11) is 0. The molecule has 0 aliphatic carbocycles. The van der Waals surface area contributed by atoms with Crippen molar-refractivity contribution in [2.45, 2.75) is 31.8 Å². The number of hydrogen-bond donors (Lipinski definition) is 1. The third kappa shape index (κ3) is 3.63. The summed E-state index contributed by atoms with van der Waals surface area (Å²) >= 11 is 3.53. The van der Waals surface area contributed by atoms with E-state index in [0.29, 0.717) is 12.8 Å². The number of nitrogens with zero attached hydrogens (tertiary/aromatic N) is 1. The van der Waals surface area contributed by atoms with Gasteiger partial charge in [0.05, 0.1) is 12.7 Å². The molecule has 0 amide bonds. The minimum atomic E-state index is -0.380. The molecule has 0 saturated carbocycles. The lowest BCUT2D eigenvalue weighted by molar-refractivity contribution is 0.163. The van der Waals surface area contributed by atoms with Crippen LogP contribution < -0.4 is 4.74 Å². The van der Waals surface area contributed by atoms with Gasteiger partial charge in [0.2, 0.25) is 0 Å². The van der Waals surface area contributed by atoms with Crippen molar-refractivity contribution < 1.29 is 9.84 Å². The van der Waals surface area contributed by atoms with Gasteiger partial charge in [0, 0.05) is 29.2 Å². The maximum absolute atomic E-state index is 10.3. The number of aryl methyl sites for hydroxylation is 1. The van der Waals surface area contributed by atoms with Crippen LogP contribution in [0.5, 0.6) is 5.75 Å². The van der Waals surface area contributed by atoms with Crippen LogP contribution in [0.1, 0.15) is 23.2 Å². The third-order valence-electron chi connectivity index (χ3n) is 3.74. The van der Waals surface area contributed by atoms with Crippen LogP contribution in [0.3, 0.4) is 0 Å². The Balaban J connectivity index is 1.64. The smallest absolute Gasteiger partial charge is 0.125 e. The van der Waals surface area contributed by atoms with Crippen LogP contribution in [0, 0.1) is 0 Å². The molecule has 2 aromatic rings. The molecule has 21 heavy (non-hydrogen) atoms. The van der Waals surface area contributed by atoms with E-state index in [9.17, 15) is 5.11 Å². The molecule has 1 aromatic carbocycles. The Bertz CT molecular complexity index is 616. The van der Waals surface area contributed by atoms with Crippen molar-refractivity contribution in [1.29, 1.82) is 0 Å². The molecule has 0 radical (unpaired) electrons. The number of benzene rings is 1. The first-order valence-corrected chi connectivity index (χ1v) is 8.04. The van der Waals surface area contributed by atoms with Crippen LogP contribution in [-0.2, 0) is 19.3 Å². The van der Waals surface area contributed by atoms with E-state index in [0.717, 1.165) is 40.9 Å². The maximum Gasteiger partial charge on any atom is 0.125 e. The average Bonchev–Trinajstić information content (AvgIpc) is 2.94. The molecule has 1 unspecified atom stereocenters. The van der Waals surface area contributed by atoms with E-state index in [4.69, 9.17) is 4.74 Å². The Kier molecular flexibility index (Phi) is 4.56. The Hall–Kier alpha value is -1.39. The van der Waals surface area contributed by atoms with Gasteiger partial charge in [-0.3, -0.25) is 4.98 Å². The van der Waals surface area contributed by atoms with Crippen LogP contribution >= 0.6 is 15.9 Å². The van der Waals surface area contributed by atoms with Crippen LogP contribution in [0.25, 0.3) is 0 Å². The Morgan fingerprint density at radius 1 is 1.33 bits per heavy atom. The van der Waals surface area contributed by atoms with Crippen molar-refractivity contribution in [1.82, 2.24) is 4.98 Å². The van der Waals surface area contributed by atoms with Gasteiger partial charge in [-0.1, -0.05) is 22.0 Å². The zero-order chi connectivity index (χ0) is 14.7. The van der Waals surface area contributed by atoms with Crippen molar-refractivity contribution in [2.75, 3.05) is 6.61 Å². The van der Waals surface area contributed by atoms with E-state index in [-0.39, 0.29) is 6.10 Å². The van der Waals surface area contributed by atoms with Gasteiger partial charge in [0.25, 0.3) is 0 Å². The minimum Gasteiger partial charge on any atom is -0.493 e. The predicted octanol–water partition coefficient (Wildman–Crippen LogP) is 3.32. The first kappa shape index (κ1) is 14.5. The summed E-state index contributed by atoms with van der Waals surface area (Å²) in [6, 6.07) is 10.0. The zero-order valence-electron chi connectivity index (χ0n) is 11.8. The van der Waals surface area contributed by atoms with Crippen molar-refractivity contribution in [3.63, 3.8) is 0 Å². The Labute approximate surface area is 133 Å². The fraction of sp³-hybridized carbons (Fsp3) is 0.353. The van der Waals surface area contributed by atoms with E-state index in [1.54, 1.807) is 6.20 Å². The molecular formula is C17H18BrNO2. The van der Waals surface area contributed by atoms with Crippen LogP contribution in [-0.4, -0.2) is 22.8 Å². The van der Waals surface area contributed by atoms with Crippen LogP contribution in [0.2, 0.25) is 0 Å². The lowest BCUT2D eigenvalue weighted by Gasteiger charge is -2.14. The summed E-state index contributed by atoms with van der Waals surface area (Å²) in [5, 5.41) is 10.3. The summed E-state index contributed by atoms with van der Waals surface area (Å²) in [6.07, 6.45) is 4.48. The highest BCUT2D eigenvalue weighted by atomic mass is 79.9. The maximum atomic E-state index is 10.3. The monoisotopic (exact) mass is 347 g/mol. The number of hydrogen-bond acceptors (Lipinski definition) is 3. The molecule has 2 heterocycles. The molecule has 110 valence electrons. The van der Waals surface area contributed by atoms with Crippen molar-refractivity contribution in [3.05, 3.63) is 57.8 Å². The van der Waals surface area contributed by atoms with Gasteiger partial charge in [-0.2, -0.15) is 0 Å². The highest BCUT2D eigenvalue weighted by Crippen LogP contribution is 2.33. The second-order valence-electron chi connectivity index (χ2n) is 5.37. The summed E-state index contributed by atoms with van der Waals surface area (Å²) in [6.45, 7) is 0.739. The average molecular weight is 348 g/mol. The number of pyridine rings is 1. The van der Waals surface area contributed by atoms with E-state index in [1.807, 2.05) is 24.3 Å². The molecule has 1 N–H and O–H groups in total. The standard InChI is InChI=1S/C17H18BrNO2/c18-14-9-12-6-8-21-17(12)13(10-14)11-16(20)5-4-15-3-1-2-7-19-15/h1-3,7,9-10,16,20H,4-6,8,11H2. The van der Waals surface area contributed by atoms with E-state index in [2.05, 4.69) is 27.0 Å². The molecule has 0 bridgehead atoms. The molecule has 0 saturated heterocycles. The van der Waals surface area contributed by atoms with E-state index in [1.165, 1.54) is 5.56 Å². The highest BCUT2D eigenvalue weighted by Gasteiger charge is 2.19. The fourth-order valence-corrected chi connectivity index (χ4v) is 3.27. The molecule has 1 atom stereocenters. The molecule has 1 aliphatic heterocycles. The van der Waals surface area contributed by atoms with Gasteiger partial charge < -0.3 is 9.84 Å². The van der Waals surface area contributed by atoms with Crippen LogP contribution in [0.4, 0.5) is 0 Å². The number of halogens is 1. The topological polar surface area (TPSA) is 42.4 Å². The normalized spacial score (nSPS) is 14.6. The largest absolute Gasteiger partial charge is 0.493 e. The summed E-state index contributed by atoms with van der Waals surface area (Å²) in [4.78, 5) is 4.29. The SMILES string of the molecule is OC(CCc1ccccn1)Cc1cc(Br)cc2c1OCC2. The Morgan fingerprint density at radius 2 is 2.24 bits per heavy atom. The summed E-state index contributed by atoms with van der Waals surface area (Å²) in [5.41, 5.74) is 3.34. The highest BCUT2D eigenvalue weighted by molar-refractivity contribution is 9.10. The molecule has 1 aromatic heterocycles. The number of ether oxygens (including phenoxy) is 1.